The number of ether oxygens (including phenoxy) is 1. The number of esters is 1. The number of hydrogen-bond acceptors (Lipinski definition) is 5. The van der Waals surface area contributed by atoms with E-state index < -0.39 is 0 Å². The van der Waals surface area contributed by atoms with Gasteiger partial charge in [0, 0.05) is 12.8 Å². The zero-order valence-corrected chi connectivity index (χ0v) is 10.9. The second kappa shape index (κ2) is 5.72. The highest BCUT2D eigenvalue weighted by Crippen LogP contribution is 2.19. The summed E-state index contributed by atoms with van der Waals surface area (Å²) in [6.07, 6.45) is 0. The van der Waals surface area contributed by atoms with Crippen molar-refractivity contribution in [3.8, 4) is 0 Å². The Morgan fingerprint density at radius 1 is 1.65 bits per heavy atom. The maximum absolute atomic E-state index is 11.8. The molecule has 3 N–H and O–H groups in total. The Hall–Kier alpha value is -1.50. The number of nitrogens with two attached hydrogens (primary N) is 1. The molecule has 6 nitrogen and oxygen atoms in total. The minimum absolute atomic E-state index is 0.0126. The molecule has 17 heavy (non-hydrogen) atoms. The lowest BCUT2D eigenvalue weighted by atomic mass is 10.2. The number of aryl methyl sites for hydroxylation is 2. The van der Waals surface area contributed by atoms with Gasteiger partial charge >= 0.3 is 5.97 Å². The third kappa shape index (κ3) is 3.23. The predicted molar refractivity (Wildman–Crippen MR) is 67.1 cm³/mol. The van der Waals surface area contributed by atoms with Crippen molar-refractivity contribution in [3.63, 3.8) is 0 Å². The molecule has 94 valence electrons. The number of carbonyl (C=O) groups excluding carboxylic acids is 1. The van der Waals surface area contributed by atoms with Gasteiger partial charge in [0.15, 0.2) is 5.17 Å². The third-order valence-corrected chi connectivity index (χ3v) is 2.91. The van der Waals surface area contributed by atoms with E-state index in [1.54, 1.807) is 25.6 Å². The molecule has 0 saturated carbocycles. The van der Waals surface area contributed by atoms with E-state index >= 15 is 0 Å². The van der Waals surface area contributed by atoms with E-state index in [4.69, 9.17) is 15.9 Å². The summed E-state index contributed by atoms with van der Waals surface area (Å²) in [5, 5.41) is 11.4. The summed E-state index contributed by atoms with van der Waals surface area (Å²) in [6, 6.07) is 0. The Labute approximate surface area is 104 Å². The third-order valence-electron chi connectivity index (χ3n) is 2.18. The van der Waals surface area contributed by atoms with Crippen LogP contribution in [0.15, 0.2) is 0 Å². The second-order valence-corrected chi connectivity index (χ2v) is 4.42. The lowest BCUT2D eigenvalue weighted by Gasteiger charge is -2.05. The van der Waals surface area contributed by atoms with Gasteiger partial charge < -0.3 is 10.5 Å². The fraction of sp³-hybridized carbons (Fsp3) is 0.500. The number of hydrogen-bond donors (Lipinski definition) is 2. The molecule has 0 spiro atoms. The van der Waals surface area contributed by atoms with E-state index in [-0.39, 0.29) is 11.1 Å². The zero-order chi connectivity index (χ0) is 13.0. The quantitative estimate of drug-likeness (QED) is 0.477. The topological polar surface area (TPSA) is 94.0 Å². The molecule has 7 heteroatoms. The van der Waals surface area contributed by atoms with Crippen molar-refractivity contribution in [2.24, 2.45) is 12.8 Å². The summed E-state index contributed by atoms with van der Waals surface area (Å²) in [5.74, 6) is 0.0538. The van der Waals surface area contributed by atoms with Gasteiger partial charge in [0.05, 0.1) is 18.0 Å². The number of nitrogens with one attached hydrogen (secondary N) is 1. The Balaban J connectivity index is 3.01. The van der Waals surface area contributed by atoms with Crippen LogP contribution in [-0.2, 0) is 17.5 Å². The number of carbonyl (C=O) groups is 1. The van der Waals surface area contributed by atoms with Crippen LogP contribution in [-0.4, -0.2) is 27.5 Å². The van der Waals surface area contributed by atoms with Crippen LogP contribution in [0.1, 0.15) is 28.7 Å². The highest BCUT2D eigenvalue weighted by molar-refractivity contribution is 8.13. The van der Waals surface area contributed by atoms with E-state index in [9.17, 15) is 4.79 Å². The molecule has 0 bridgehead atoms. The fourth-order valence-electron chi connectivity index (χ4n) is 1.49. The minimum Gasteiger partial charge on any atom is -0.462 e. The molecule has 0 aliphatic carbocycles. The van der Waals surface area contributed by atoms with Crippen molar-refractivity contribution in [1.82, 2.24) is 9.78 Å². The van der Waals surface area contributed by atoms with Crippen molar-refractivity contribution in [2.75, 3.05) is 6.61 Å². The van der Waals surface area contributed by atoms with Crippen LogP contribution >= 0.6 is 11.8 Å². The van der Waals surface area contributed by atoms with Gasteiger partial charge in [0.2, 0.25) is 0 Å². The largest absolute Gasteiger partial charge is 0.462 e. The Bertz CT molecular complexity index is 442. The fourth-order valence-corrected chi connectivity index (χ4v) is 2.11. The van der Waals surface area contributed by atoms with Crippen molar-refractivity contribution in [2.45, 2.75) is 19.6 Å². The molecular weight excluding hydrogens is 240 g/mol. The van der Waals surface area contributed by atoms with Crippen LogP contribution < -0.4 is 5.73 Å². The summed E-state index contributed by atoms with van der Waals surface area (Å²) < 4.78 is 6.61. The van der Waals surface area contributed by atoms with Crippen molar-refractivity contribution in [3.05, 3.63) is 17.0 Å². The molecule has 0 atom stereocenters. The summed E-state index contributed by atoms with van der Waals surface area (Å²) in [5.41, 5.74) is 7.11. The lowest BCUT2D eigenvalue weighted by Crippen LogP contribution is -2.11. The molecule has 1 aromatic rings. The Morgan fingerprint density at radius 3 is 2.82 bits per heavy atom. The van der Waals surface area contributed by atoms with Gasteiger partial charge in [-0.2, -0.15) is 5.10 Å². The van der Waals surface area contributed by atoms with Crippen LogP contribution in [0.5, 0.6) is 0 Å². The first kappa shape index (κ1) is 13.6. The maximum atomic E-state index is 11.8. The average molecular weight is 256 g/mol. The van der Waals surface area contributed by atoms with Gasteiger partial charge in [-0.1, -0.05) is 11.8 Å². The number of rotatable bonds is 4. The Kier molecular flexibility index (Phi) is 4.56. The molecule has 1 rings (SSSR count). The normalized spacial score (nSPS) is 10.3. The van der Waals surface area contributed by atoms with Gasteiger partial charge in [0.1, 0.15) is 5.56 Å². The molecule has 0 amide bonds. The lowest BCUT2D eigenvalue weighted by molar-refractivity contribution is 0.0524. The van der Waals surface area contributed by atoms with Crippen molar-refractivity contribution in [1.29, 1.82) is 5.41 Å². The van der Waals surface area contributed by atoms with Crippen LogP contribution in [0.4, 0.5) is 0 Å². The standard InChI is InChI=1S/C10H16N4O2S/c1-4-16-9(15)8-6(2)13-14(3)7(8)5-17-10(11)12/h4-5H2,1-3H3,(H3,11,12). The van der Waals surface area contributed by atoms with Gasteiger partial charge in [-0.05, 0) is 13.8 Å². The van der Waals surface area contributed by atoms with E-state index in [1.807, 2.05) is 0 Å². The van der Waals surface area contributed by atoms with Gasteiger partial charge in [0.25, 0.3) is 0 Å². The first-order valence-electron chi connectivity index (χ1n) is 5.13. The zero-order valence-electron chi connectivity index (χ0n) is 10.1. The Morgan fingerprint density at radius 2 is 2.29 bits per heavy atom. The smallest absolute Gasteiger partial charge is 0.341 e. The number of aromatic nitrogens is 2. The van der Waals surface area contributed by atoms with Crippen LogP contribution in [0.2, 0.25) is 0 Å². The first-order chi connectivity index (χ1) is 7.97. The second-order valence-electron chi connectivity index (χ2n) is 3.40. The predicted octanol–water partition coefficient (Wildman–Crippen LogP) is 1.03. The number of thioether (sulfide) groups is 1. The van der Waals surface area contributed by atoms with Crippen LogP contribution in [0.3, 0.4) is 0 Å². The van der Waals surface area contributed by atoms with Crippen LogP contribution in [0.25, 0.3) is 0 Å². The molecule has 0 aromatic carbocycles. The molecule has 0 saturated heterocycles. The summed E-state index contributed by atoms with van der Waals surface area (Å²) >= 11 is 1.15. The maximum Gasteiger partial charge on any atom is 0.341 e. The minimum atomic E-state index is -0.378. The van der Waals surface area contributed by atoms with Gasteiger partial charge in [-0.25, -0.2) is 4.79 Å². The average Bonchev–Trinajstić information content (AvgIpc) is 2.50. The monoisotopic (exact) mass is 256 g/mol. The summed E-state index contributed by atoms with van der Waals surface area (Å²) in [4.78, 5) is 11.8. The van der Waals surface area contributed by atoms with Crippen LogP contribution in [0, 0.1) is 12.3 Å². The van der Waals surface area contributed by atoms with Gasteiger partial charge in [-0.3, -0.25) is 10.1 Å². The van der Waals surface area contributed by atoms with Crippen molar-refractivity contribution >= 4 is 22.9 Å². The molecule has 0 fully saturated rings. The molecule has 0 radical (unpaired) electrons. The van der Waals surface area contributed by atoms with E-state index in [0.717, 1.165) is 17.5 Å². The molecular formula is C10H16N4O2S. The van der Waals surface area contributed by atoms with Gasteiger partial charge in [-0.15, -0.1) is 0 Å². The highest BCUT2D eigenvalue weighted by atomic mass is 32.2. The SMILES string of the molecule is CCOC(=O)c1c(C)nn(C)c1CSC(=N)N. The molecule has 1 heterocycles. The summed E-state index contributed by atoms with van der Waals surface area (Å²) in [7, 11) is 1.76. The molecule has 0 unspecified atom stereocenters. The van der Waals surface area contributed by atoms with E-state index in [0.29, 0.717) is 23.6 Å². The number of amidine groups is 1. The van der Waals surface area contributed by atoms with E-state index in [2.05, 4.69) is 5.10 Å². The first-order valence-corrected chi connectivity index (χ1v) is 6.12. The molecule has 0 aliphatic heterocycles. The van der Waals surface area contributed by atoms with Crippen molar-refractivity contribution < 1.29 is 9.53 Å². The summed E-state index contributed by atoms with van der Waals surface area (Å²) in [6.45, 7) is 3.84. The highest BCUT2D eigenvalue weighted by Gasteiger charge is 2.21. The van der Waals surface area contributed by atoms with E-state index in [1.165, 1.54) is 0 Å². The molecule has 1 aromatic heterocycles. The molecule has 0 aliphatic rings. The number of nitrogens with zero attached hydrogens (tertiary/aromatic N) is 2.